The molecule has 1 aromatic heterocycles. The van der Waals surface area contributed by atoms with Gasteiger partial charge in [0.15, 0.2) is 0 Å². The van der Waals surface area contributed by atoms with Crippen molar-refractivity contribution in [1.82, 2.24) is 9.97 Å². The van der Waals surface area contributed by atoms with E-state index in [0.717, 1.165) is 49.2 Å². The van der Waals surface area contributed by atoms with Crippen LogP contribution in [0.4, 0.5) is 23.1 Å². The number of nitrogens with zero attached hydrogens (tertiary/aromatic N) is 3. The van der Waals surface area contributed by atoms with E-state index in [0.29, 0.717) is 5.95 Å². The molecule has 1 saturated heterocycles. The molecule has 150 valence electrons. The van der Waals surface area contributed by atoms with Crippen LogP contribution in [0, 0.1) is 6.92 Å². The number of anilines is 4. The third kappa shape index (κ3) is 4.84. The van der Waals surface area contributed by atoms with Crippen LogP contribution in [-0.4, -0.2) is 36.3 Å². The fourth-order valence-electron chi connectivity index (χ4n) is 3.53. The van der Waals surface area contributed by atoms with Crippen molar-refractivity contribution < 1.29 is 4.74 Å². The van der Waals surface area contributed by atoms with Crippen LogP contribution in [0.25, 0.3) is 0 Å². The molecule has 4 rings (SSSR count). The molecular weight excluding hydrogens is 362 g/mol. The van der Waals surface area contributed by atoms with Gasteiger partial charge in [0, 0.05) is 30.9 Å². The van der Waals surface area contributed by atoms with E-state index in [4.69, 9.17) is 9.72 Å². The number of ether oxygens (including phenoxy) is 1. The highest BCUT2D eigenvalue weighted by Gasteiger charge is 2.15. The molecule has 1 fully saturated rings. The van der Waals surface area contributed by atoms with E-state index < -0.39 is 0 Å². The summed E-state index contributed by atoms with van der Waals surface area (Å²) in [7, 11) is 0. The normalized spacial score (nSPS) is 15.0. The van der Waals surface area contributed by atoms with Crippen molar-refractivity contribution in [1.29, 1.82) is 0 Å². The summed E-state index contributed by atoms with van der Waals surface area (Å²) < 4.78 is 5.49. The Kier molecular flexibility index (Phi) is 5.91. The number of hydrogen-bond acceptors (Lipinski definition) is 6. The topological polar surface area (TPSA) is 62.3 Å². The minimum atomic E-state index is 0.152. The summed E-state index contributed by atoms with van der Waals surface area (Å²) in [6.45, 7) is 7.39. The van der Waals surface area contributed by atoms with E-state index in [1.807, 2.05) is 37.3 Å². The van der Waals surface area contributed by atoms with Crippen molar-refractivity contribution in [2.75, 3.05) is 41.8 Å². The second-order valence-electron chi connectivity index (χ2n) is 7.24. The number of morpholine rings is 1. The maximum atomic E-state index is 5.49. The predicted molar refractivity (Wildman–Crippen MR) is 118 cm³/mol. The van der Waals surface area contributed by atoms with Gasteiger partial charge in [-0.15, -0.1) is 0 Å². The Morgan fingerprint density at radius 1 is 0.966 bits per heavy atom. The van der Waals surface area contributed by atoms with Crippen LogP contribution in [0.15, 0.2) is 60.7 Å². The van der Waals surface area contributed by atoms with Crippen LogP contribution < -0.4 is 15.5 Å². The van der Waals surface area contributed by atoms with Crippen LogP contribution in [0.3, 0.4) is 0 Å². The van der Waals surface area contributed by atoms with Crippen LogP contribution >= 0.6 is 0 Å². The molecule has 0 saturated carbocycles. The van der Waals surface area contributed by atoms with Crippen LogP contribution in [0.1, 0.15) is 24.2 Å². The van der Waals surface area contributed by atoms with Gasteiger partial charge in [-0.25, -0.2) is 4.98 Å². The lowest BCUT2D eigenvalue weighted by Crippen LogP contribution is -2.36. The molecule has 2 heterocycles. The lowest BCUT2D eigenvalue weighted by atomic mass is 10.1. The molecular formula is C23H27N5O. The van der Waals surface area contributed by atoms with Gasteiger partial charge in [-0.3, -0.25) is 0 Å². The number of rotatable bonds is 6. The zero-order valence-corrected chi connectivity index (χ0v) is 16.9. The smallest absolute Gasteiger partial charge is 0.229 e. The van der Waals surface area contributed by atoms with Gasteiger partial charge in [0.05, 0.1) is 24.6 Å². The molecule has 3 aromatic rings. The van der Waals surface area contributed by atoms with Gasteiger partial charge in [-0.2, -0.15) is 4.98 Å². The molecule has 6 nitrogen and oxygen atoms in total. The zero-order chi connectivity index (χ0) is 20.1. The van der Waals surface area contributed by atoms with Gasteiger partial charge < -0.3 is 20.3 Å². The van der Waals surface area contributed by atoms with Gasteiger partial charge in [0.1, 0.15) is 5.82 Å². The number of para-hydroxylation sites is 2. The van der Waals surface area contributed by atoms with Crippen molar-refractivity contribution in [3.05, 3.63) is 71.9 Å². The number of benzene rings is 2. The van der Waals surface area contributed by atoms with E-state index in [9.17, 15) is 0 Å². The molecule has 0 aliphatic carbocycles. The lowest BCUT2D eigenvalue weighted by molar-refractivity contribution is 0.123. The average Bonchev–Trinajstić information content (AvgIpc) is 2.75. The molecule has 6 heteroatoms. The number of hydrogen-bond donors (Lipinski definition) is 2. The summed E-state index contributed by atoms with van der Waals surface area (Å²) in [5.74, 6) is 1.40. The van der Waals surface area contributed by atoms with E-state index in [1.165, 1.54) is 5.56 Å². The van der Waals surface area contributed by atoms with Crippen molar-refractivity contribution in [3.8, 4) is 0 Å². The fourth-order valence-corrected chi connectivity index (χ4v) is 3.53. The van der Waals surface area contributed by atoms with Gasteiger partial charge in [-0.1, -0.05) is 42.5 Å². The van der Waals surface area contributed by atoms with E-state index >= 15 is 0 Å². The SMILES string of the molecule is Cc1cc(NC(C)c2ccccc2)nc(Nc2ccccc2N2CCOCC2)n1. The van der Waals surface area contributed by atoms with Gasteiger partial charge in [0.2, 0.25) is 5.95 Å². The quantitative estimate of drug-likeness (QED) is 0.645. The average molecular weight is 390 g/mol. The summed E-state index contributed by atoms with van der Waals surface area (Å²) in [4.78, 5) is 11.6. The minimum absolute atomic E-state index is 0.152. The summed E-state index contributed by atoms with van der Waals surface area (Å²) in [6, 6.07) is 20.8. The fraction of sp³-hybridized carbons (Fsp3) is 0.304. The summed E-state index contributed by atoms with van der Waals surface area (Å²) in [5.41, 5.74) is 4.28. The molecule has 1 aliphatic rings. The summed E-state index contributed by atoms with van der Waals surface area (Å²) >= 11 is 0. The monoisotopic (exact) mass is 389 g/mol. The number of aryl methyl sites for hydroxylation is 1. The summed E-state index contributed by atoms with van der Waals surface area (Å²) in [6.07, 6.45) is 0. The van der Waals surface area contributed by atoms with Gasteiger partial charge in [0.25, 0.3) is 0 Å². The predicted octanol–water partition coefficient (Wildman–Crippen LogP) is 4.54. The Balaban J connectivity index is 1.54. The Hall–Kier alpha value is -3.12. The van der Waals surface area contributed by atoms with Crippen molar-refractivity contribution in [3.63, 3.8) is 0 Å². The standard InChI is InChI=1S/C23H27N5O/c1-17-16-22(25-18(2)19-8-4-3-5-9-19)27-23(24-17)26-20-10-6-7-11-21(20)28-12-14-29-15-13-28/h3-11,16,18H,12-15H2,1-2H3,(H2,24,25,26,27). The molecule has 29 heavy (non-hydrogen) atoms. The van der Waals surface area contributed by atoms with Crippen molar-refractivity contribution in [2.45, 2.75) is 19.9 Å². The minimum Gasteiger partial charge on any atom is -0.378 e. The molecule has 0 bridgehead atoms. The third-order valence-corrected chi connectivity index (χ3v) is 5.02. The van der Waals surface area contributed by atoms with Gasteiger partial charge in [-0.05, 0) is 31.5 Å². The highest BCUT2D eigenvalue weighted by molar-refractivity contribution is 5.73. The molecule has 2 N–H and O–H groups in total. The third-order valence-electron chi connectivity index (χ3n) is 5.02. The zero-order valence-electron chi connectivity index (χ0n) is 16.9. The van der Waals surface area contributed by atoms with Crippen molar-refractivity contribution >= 4 is 23.1 Å². The second-order valence-corrected chi connectivity index (χ2v) is 7.24. The Morgan fingerprint density at radius 2 is 1.69 bits per heavy atom. The second kappa shape index (κ2) is 8.92. The summed E-state index contributed by atoms with van der Waals surface area (Å²) in [5, 5.41) is 6.90. The van der Waals surface area contributed by atoms with E-state index in [2.05, 4.69) is 57.8 Å². The highest BCUT2D eigenvalue weighted by atomic mass is 16.5. The molecule has 2 aromatic carbocycles. The first kappa shape index (κ1) is 19.2. The highest BCUT2D eigenvalue weighted by Crippen LogP contribution is 2.29. The van der Waals surface area contributed by atoms with Crippen LogP contribution in [0.2, 0.25) is 0 Å². The molecule has 1 atom stereocenters. The Bertz CT molecular complexity index is 941. The molecule has 0 radical (unpaired) electrons. The first-order chi connectivity index (χ1) is 14.2. The number of aromatic nitrogens is 2. The largest absolute Gasteiger partial charge is 0.378 e. The first-order valence-corrected chi connectivity index (χ1v) is 10.0. The maximum Gasteiger partial charge on any atom is 0.229 e. The first-order valence-electron chi connectivity index (χ1n) is 10.0. The molecule has 0 spiro atoms. The van der Waals surface area contributed by atoms with E-state index in [-0.39, 0.29) is 6.04 Å². The Labute approximate surface area is 172 Å². The molecule has 1 aliphatic heterocycles. The van der Waals surface area contributed by atoms with E-state index in [1.54, 1.807) is 0 Å². The maximum absolute atomic E-state index is 5.49. The molecule has 1 unspecified atom stereocenters. The van der Waals surface area contributed by atoms with Crippen LogP contribution in [-0.2, 0) is 4.74 Å². The number of nitrogens with one attached hydrogen (secondary N) is 2. The van der Waals surface area contributed by atoms with Crippen LogP contribution in [0.5, 0.6) is 0 Å². The molecule has 0 amide bonds. The van der Waals surface area contributed by atoms with Gasteiger partial charge >= 0.3 is 0 Å². The van der Waals surface area contributed by atoms with Crippen molar-refractivity contribution in [2.24, 2.45) is 0 Å². The lowest BCUT2D eigenvalue weighted by Gasteiger charge is -2.30. The Morgan fingerprint density at radius 3 is 2.48 bits per heavy atom.